The standard InChI is InChI=1S/C20H23N3O6/c1-13-5-7-15(8-6-13)21-19(24)12-22(3)20(25)14(2)29-18-10-9-16(28-4)11-17(18)23(26)27/h5-11,14H,12H2,1-4H3,(H,21,24)/t14-/m1/s1. The van der Waals surface area contributed by atoms with Crippen molar-refractivity contribution in [2.24, 2.45) is 0 Å². The first kappa shape index (κ1) is 21.7. The molecule has 9 nitrogen and oxygen atoms in total. The molecule has 2 amide bonds. The molecule has 2 aromatic rings. The van der Waals surface area contributed by atoms with Crippen molar-refractivity contribution in [1.82, 2.24) is 4.90 Å². The molecular weight excluding hydrogens is 378 g/mol. The van der Waals surface area contributed by atoms with E-state index in [2.05, 4.69) is 5.32 Å². The summed E-state index contributed by atoms with van der Waals surface area (Å²) in [7, 11) is 2.85. The molecule has 0 saturated heterocycles. The Balaban J connectivity index is 1.99. The number of nitrogens with one attached hydrogen (secondary N) is 1. The number of hydrogen-bond donors (Lipinski definition) is 1. The van der Waals surface area contributed by atoms with Gasteiger partial charge in [0.15, 0.2) is 11.9 Å². The van der Waals surface area contributed by atoms with E-state index in [-0.39, 0.29) is 23.9 Å². The van der Waals surface area contributed by atoms with Crippen molar-refractivity contribution in [3.8, 4) is 11.5 Å². The maximum Gasteiger partial charge on any atom is 0.314 e. The number of nitro groups is 1. The number of aryl methyl sites for hydroxylation is 1. The van der Waals surface area contributed by atoms with Gasteiger partial charge in [-0.05, 0) is 38.1 Å². The summed E-state index contributed by atoms with van der Waals surface area (Å²) in [6.45, 7) is 3.21. The molecule has 2 aromatic carbocycles. The summed E-state index contributed by atoms with van der Waals surface area (Å²) in [6, 6.07) is 11.3. The minimum absolute atomic E-state index is 0.0610. The summed E-state index contributed by atoms with van der Waals surface area (Å²) in [4.78, 5) is 36.5. The van der Waals surface area contributed by atoms with Gasteiger partial charge < -0.3 is 19.7 Å². The number of methoxy groups -OCH3 is 1. The SMILES string of the molecule is COc1ccc(O[C@H](C)C(=O)N(C)CC(=O)Nc2ccc(C)cc2)c([N+](=O)[O-])c1. The van der Waals surface area contributed by atoms with E-state index in [0.717, 1.165) is 5.56 Å². The number of likely N-dealkylation sites (N-methyl/N-ethyl adjacent to an activating group) is 1. The van der Waals surface area contributed by atoms with Crippen molar-refractivity contribution in [2.75, 3.05) is 26.0 Å². The first-order chi connectivity index (χ1) is 13.7. The fourth-order valence-corrected chi connectivity index (χ4v) is 2.55. The number of carbonyl (C=O) groups excluding carboxylic acids is 2. The van der Waals surface area contributed by atoms with Crippen LogP contribution in [0.3, 0.4) is 0 Å². The summed E-state index contributed by atoms with van der Waals surface area (Å²) in [5, 5.41) is 13.9. The van der Waals surface area contributed by atoms with Crippen LogP contribution in [0, 0.1) is 17.0 Å². The smallest absolute Gasteiger partial charge is 0.314 e. The lowest BCUT2D eigenvalue weighted by molar-refractivity contribution is -0.386. The molecule has 1 atom stereocenters. The molecule has 0 spiro atoms. The van der Waals surface area contributed by atoms with Crippen LogP contribution in [0.4, 0.5) is 11.4 Å². The zero-order chi connectivity index (χ0) is 21.6. The highest BCUT2D eigenvalue weighted by Crippen LogP contribution is 2.31. The Kier molecular flexibility index (Phi) is 7.13. The maximum atomic E-state index is 12.5. The molecule has 0 bridgehead atoms. The van der Waals surface area contributed by atoms with Crippen LogP contribution in [0.1, 0.15) is 12.5 Å². The van der Waals surface area contributed by atoms with E-state index in [1.807, 2.05) is 19.1 Å². The third kappa shape index (κ3) is 5.93. The lowest BCUT2D eigenvalue weighted by Gasteiger charge is -2.21. The average molecular weight is 401 g/mol. The van der Waals surface area contributed by atoms with Gasteiger partial charge in [0.05, 0.1) is 24.6 Å². The van der Waals surface area contributed by atoms with Gasteiger partial charge in [0.2, 0.25) is 5.91 Å². The van der Waals surface area contributed by atoms with E-state index in [9.17, 15) is 19.7 Å². The number of amides is 2. The van der Waals surface area contributed by atoms with Crippen molar-refractivity contribution < 1.29 is 24.0 Å². The topological polar surface area (TPSA) is 111 Å². The van der Waals surface area contributed by atoms with Crippen molar-refractivity contribution in [1.29, 1.82) is 0 Å². The minimum atomic E-state index is -1.03. The summed E-state index contributed by atoms with van der Waals surface area (Å²) in [5.74, 6) is -0.622. The second kappa shape index (κ2) is 9.54. The van der Waals surface area contributed by atoms with Crippen molar-refractivity contribution in [3.63, 3.8) is 0 Å². The number of nitro benzene ring substituents is 1. The van der Waals surface area contributed by atoms with Crippen LogP contribution in [0.25, 0.3) is 0 Å². The molecule has 1 N–H and O–H groups in total. The van der Waals surface area contributed by atoms with Crippen LogP contribution in [0.5, 0.6) is 11.5 Å². The fraction of sp³-hybridized carbons (Fsp3) is 0.300. The van der Waals surface area contributed by atoms with E-state index in [1.165, 1.54) is 44.2 Å². The van der Waals surface area contributed by atoms with Crippen LogP contribution < -0.4 is 14.8 Å². The zero-order valence-electron chi connectivity index (χ0n) is 16.7. The van der Waals surface area contributed by atoms with Crippen molar-refractivity contribution in [2.45, 2.75) is 20.0 Å². The van der Waals surface area contributed by atoms with Crippen molar-refractivity contribution in [3.05, 3.63) is 58.1 Å². The van der Waals surface area contributed by atoms with E-state index in [1.54, 1.807) is 12.1 Å². The second-order valence-electron chi connectivity index (χ2n) is 6.46. The van der Waals surface area contributed by atoms with Gasteiger partial charge in [-0.1, -0.05) is 17.7 Å². The van der Waals surface area contributed by atoms with Gasteiger partial charge in [-0.3, -0.25) is 19.7 Å². The molecule has 29 heavy (non-hydrogen) atoms. The van der Waals surface area contributed by atoms with Gasteiger partial charge in [-0.25, -0.2) is 0 Å². The van der Waals surface area contributed by atoms with E-state index in [0.29, 0.717) is 11.4 Å². The first-order valence-electron chi connectivity index (χ1n) is 8.82. The molecule has 154 valence electrons. The normalized spacial score (nSPS) is 11.3. The first-order valence-corrected chi connectivity index (χ1v) is 8.82. The van der Waals surface area contributed by atoms with Crippen LogP contribution in [-0.4, -0.2) is 48.4 Å². The zero-order valence-corrected chi connectivity index (χ0v) is 16.7. The minimum Gasteiger partial charge on any atom is -0.496 e. The van der Waals surface area contributed by atoms with Crippen LogP contribution in [-0.2, 0) is 9.59 Å². The Labute approximate surface area is 168 Å². The van der Waals surface area contributed by atoms with Crippen LogP contribution >= 0.6 is 0 Å². The van der Waals surface area contributed by atoms with Gasteiger partial charge in [0.25, 0.3) is 5.91 Å². The number of ether oxygens (including phenoxy) is 2. The van der Waals surface area contributed by atoms with Gasteiger partial charge in [0, 0.05) is 12.7 Å². The average Bonchev–Trinajstić information content (AvgIpc) is 2.69. The molecule has 0 unspecified atom stereocenters. The molecule has 0 aliphatic heterocycles. The fourth-order valence-electron chi connectivity index (χ4n) is 2.55. The number of rotatable bonds is 8. The van der Waals surface area contributed by atoms with Crippen LogP contribution in [0.15, 0.2) is 42.5 Å². The van der Waals surface area contributed by atoms with E-state index >= 15 is 0 Å². The number of hydrogen-bond acceptors (Lipinski definition) is 6. The summed E-state index contributed by atoms with van der Waals surface area (Å²) >= 11 is 0. The van der Waals surface area contributed by atoms with E-state index in [4.69, 9.17) is 9.47 Å². The maximum absolute atomic E-state index is 12.5. The highest BCUT2D eigenvalue weighted by Gasteiger charge is 2.25. The number of anilines is 1. The molecule has 0 aromatic heterocycles. The summed E-state index contributed by atoms with van der Waals surface area (Å²) < 4.78 is 10.5. The highest BCUT2D eigenvalue weighted by molar-refractivity contribution is 5.95. The van der Waals surface area contributed by atoms with Gasteiger partial charge >= 0.3 is 5.69 Å². The molecule has 0 radical (unpaired) electrons. The Morgan fingerprint density at radius 3 is 2.45 bits per heavy atom. The molecule has 0 aliphatic rings. The van der Waals surface area contributed by atoms with Crippen LogP contribution in [0.2, 0.25) is 0 Å². The van der Waals surface area contributed by atoms with Gasteiger partial charge in [0.1, 0.15) is 5.75 Å². The molecule has 0 heterocycles. The number of benzene rings is 2. The summed E-state index contributed by atoms with van der Waals surface area (Å²) in [5.41, 5.74) is 1.37. The van der Waals surface area contributed by atoms with Gasteiger partial charge in [-0.2, -0.15) is 0 Å². The third-order valence-corrected chi connectivity index (χ3v) is 4.11. The molecule has 0 fully saturated rings. The Hall–Kier alpha value is -3.62. The Morgan fingerprint density at radius 2 is 1.86 bits per heavy atom. The third-order valence-electron chi connectivity index (χ3n) is 4.11. The lowest BCUT2D eigenvalue weighted by Crippen LogP contribution is -2.42. The van der Waals surface area contributed by atoms with Crippen molar-refractivity contribution >= 4 is 23.2 Å². The van der Waals surface area contributed by atoms with Gasteiger partial charge in [-0.15, -0.1) is 0 Å². The predicted octanol–water partition coefficient (Wildman–Crippen LogP) is 2.78. The molecule has 0 aliphatic carbocycles. The van der Waals surface area contributed by atoms with E-state index < -0.39 is 16.9 Å². The Bertz CT molecular complexity index is 898. The number of carbonyl (C=O) groups is 2. The quantitative estimate of drug-likeness (QED) is 0.538. The molecule has 2 rings (SSSR count). The monoisotopic (exact) mass is 401 g/mol. The molecule has 9 heteroatoms. The molecular formula is C20H23N3O6. The summed E-state index contributed by atoms with van der Waals surface area (Å²) in [6.07, 6.45) is -1.03. The predicted molar refractivity (Wildman–Crippen MR) is 107 cm³/mol. The second-order valence-corrected chi connectivity index (χ2v) is 6.46. The number of nitrogens with zero attached hydrogens (tertiary/aromatic N) is 2. The molecule has 0 saturated carbocycles. The lowest BCUT2D eigenvalue weighted by atomic mass is 10.2. The Morgan fingerprint density at radius 1 is 1.21 bits per heavy atom. The largest absolute Gasteiger partial charge is 0.496 e. The highest BCUT2D eigenvalue weighted by atomic mass is 16.6.